The van der Waals surface area contributed by atoms with Crippen LogP contribution in [0.25, 0.3) is 0 Å². The van der Waals surface area contributed by atoms with E-state index in [1.807, 2.05) is 13.8 Å². The Balaban J connectivity index is 2.40. The van der Waals surface area contributed by atoms with E-state index in [0.29, 0.717) is 6.54 Å². The summed E-state index contributed by atoms with van der Waals surface area (Å²) in [4.78, 5) is 10.5. The van der Waals surface area contributed by atoms with Crippen LogP contribution in [-0.2, 0) is 11.3 Å². The average Bonchev–Trinajstić information content (AvgIpc) is 2.50. The number of rotatable bonds is 5. The van der Waals surface area contributed by atoms with E-state index < -0.39 is 5.97 Å². The summed E-state index contributed by atoms with van der Waals surface area (Å²) < 4.78 is 1.60. The Kier molecular flexibility index (Phi) is 3.16. The molecule has 1 heterocycles. The fraction of sp³-hybridized carbons (Fsp3) is 0.750. The number of carboxylic acid groups (broad SMARTS) is 1. The highest BCUT2D eigenvalue weighted by Gasteiger charge is 2.21. The summed E-state index contributed by atoms with van der Waals surface area (Å²) in [5.74, 6) is -0.772. The molecule has 0 radical (unpaired) electrons. The molecule has 1 aromatic heterocycles. The van der Waals surface area contributed by atoms with Crippen molar-refractivity contribution in [3.05, 3.63) is 6.33 Å². The van der Waals surface area contributed by atoms with Crippen molar-refractivity contribution in [2.75, 3.05) is 0 Å². The summed E-state index contributed by atoms with van der Waals surface area (Å²) in [7, 11) is 0. The first-order valence-corrected chi connectivity index (χ1v) is 4.42. The van der Waals surface area contributed by atoms with Crippen molar-refractivity contribution in [3.63, 3.8) is 0 Å². The number of carbonyl (C=O) groups is 1. The predicted octanol–water partition coefficient (Wildman–Crippen LogP) is 0.564. The number of aliphatic carboxylic acids is 1. The molecule has 0 aliphatic carbocycles. The van der Waals surface area contributed by atoms with Crippen molar-refractivity contribution < 1.29 is 9.90 Å². The lowest BCUT2D eigenvalue weighted by atomic mass is 9.86. The summed E-state index contributed by atoms with van der Waals surface area (Å²) in [6, 6.07) is 0. The first-order chi connectivity index (χ1) is 6.49. The summed E-state index contributed by atoms with van der Waals surface area (Å²) in [5, 5.41) is 19.4. The van der Waals surface area contributed by atoms with Crippen LogP contribution < -0.4 is 0 Å². The maximum Gasteiger partial charge on any atom is 0.303 e. The van der Waals surface area contributed by atoms with Crippen LogP contribution in [-0.4, -0.2) is 31.3 Å². The van der Waals surface area contributed by atoms with Gasteiger partial charge in [-0.1, -0.05) is 13.8 Å². The van der Waals surface area contributed by atoms with Gasteiger partial charge in [-0.15, -0.1) is 5.10 Å². The van der Waals surface area contributed by atoms with Gasteiger partial charge in [-0.3, -0.25) is 4.79 Å². The molecule has 6 heteroatoms. The molecule has 0 aliphatic heterocycles. The number of aryl methyl sites for hydroxylation is 1. The molecule has 0 amide bonds. The molecular formula is C8H14N4O2. The number of aromatic nitrogens is 4. The van der Waals surface area contributed by atoms with Gasteiger partial charge in [-0.25, -0.2) is 4.68 Å². The standard InChI is InChI=1S/C8H14N4O2/c1-8(2,5-7(13)14)3-4-12-6-9-10-11-12/h6H,3-5H2,1-2H3,(H,13,14). The highest BCUT2D eigenvalue weighted by atomic mass is 16.4. The smallest absolute Gasteiger partial charge is 0.303 e. The lowest BCUT2D eigenvalue weighted by molar-refractivity contribution is -0.139. The van der Waals surface area contributed by atoms with Gasteiger partial charge in [0.25, 0.3) is 0 Å². The molecule has 0 aromatic carbocycles. The Morgan fingerprint density at radius 1 is 1.57 bits per heavy atom. The van der Waals surface area contributed by atoms with Crippen molar-refractivity contribution >= 4 is 5.97 Å². The molecule has 1 N–H and O–H groups in total. The van der Waals surface area contributed by atoms with Gasteiger partial charge in [0, 0.05) is 6.54 Å². The lowest BCUT2D eigenvalue weighted by Gasteiger charge is -2.21. The number of hydrogen-bond acceptors (Lipinski definition) is 4. The number of tetrazole rings is 1. The molecule has 1 rings (SSSR count). The van der Waals surface area contributed by atoms with Crippen molar-refractivity contribution in [2.24, 2.45) is 5.41 Å². The van der Waals surface area contributed by atoms with Crippen LogP contribution in [0.3, 0.4) is 0 Å². The topological polar surface area (TPSA) is 80.9 Å². The molecule has 6 nitrogen and oxygen atoms in total. The minimum Gasteiger partial charge on any atom is -0.481 e. The van der Waals surface area contributed by atoms with E-state index in [0.717, 1.165) is 6.42 Å². The SMILES string of the molecule is CC(C)(CCn1cnnn1)CC(=O)O. The van der Waals surface area contributed by atoms with Crippen molar-refractivity contribution in [1.82, 2.24) is 20.2 Å². The van der Waals surface area contributed by atoms with Crippen molar-refractivity contribution in [3.8, 4) is 0 Å². The second kappa shape index (κ2) is 4.17. The monoisotopic (exact) mass is 198 g/mol. The Bertz CT molecular complexity index is 294. The Morgan fingerprint density at radius 3 is 2.79 bits per heavy atom. The van der Waals surface area contributed by atoms with Crippen LogP contribution in [0, 0.1) is 5.41 Å². The van der Waals surface area contributed by atoms with Crippen LogP contribution in [0.1, 0.15) is 26.7 Å². The minimum atomic E-state index is -0.772. The van der Waals surface area contributed by atoms with Crippen molar-refractivity contribution in [2.45, 2.75) is 33.2 Å². The number of carboxylic acids is 1. The van der Waals surface area contributed by atoms with Gasteiger partial charge in [-0.05, 0) is 22.3 Å². The molecule has 0 saturated heterocycles. The molecule has 0 spiro atoms. The maximum absolute atomic E-state index is 10.5. The second-order valence-corrected chi connectivity index (χ2v) is 4.06. The zero-order chi connectivity index (χ0) is 10.6. The largest absolute Gasteiger partial charge is 0.481 e. The zero-order valence-corrected chi connectivity index (χ0v) is 8.34. The summed E-state index contributed by atoms with van der Waals surface area (Å²) >= 11 is 0. The summed E-state index contributed by atoms with van der Waals surface area (Å²) in [5.41, 5.74) is -0.224. The fourth-order valence-corrected chi connectivity index (χ4v) is 1.20. The molecule has 0 saturated carbocycles. The molecular weight excluding hydrogens is 184 g/mol. The predicted molar refractivity (Wildman–Crippen MR) is 48.5 cm³/mol. The fourth-order valence-electron chi connectivity index (χ4n) is 1.20. The average molecular weight is 198 g/mol. The third-order valence-electron chi connectivity index (χ3n) is 2.04. The van der Waals surface area contributed by atoms with Crippen LogP contribution >= 0.6 is 0 Å². The highest BCUT2D eigenvalue weighted by molar-refractivity contribution is 5.67. The molecule has 0 bridgehead atoms. The van der Waals surface area contributed by atoms with Crippen LogP contribution in [0.4, 0.5) is 0 Å². The van der Waals surface area contributed by atoms with Crippen LogP contribution in [0.15, 0.2) is 6.33 Å². The van der Waals surface area contributed by atoms with E-state index >= 15 is 0 Å². The van der Waals surface area contributed by atoms with Gasteiger partial charge in [0.15, 0.2) is 0 Å². The molecule has 0 atom stereocenters. The molecule has 1 aromatic rings. The van der Waals surface area contributed by atoms with E-state index in [4.69, 9.17) is 5.11 Å². The Morgan fingerprint density at radius 2 is 2.29 bits per heavy atom. The minimum absolute atomic E-state index is 0.162. The second-order valence-electron chi connectivity index (χ2n) is 4.06. The van der Waals surface area contributed by atoms with E-state index in [9.17, 15) is 4.79 Å². The first kappa shape index (κ1) is 10.6. The van der Waals surface area contributed by atoms with Gasteiger partial charge in [-0.2, -0.15) is 0 Å². The van der Waals surface area contributed by atoms with Crippen LogP contribution in [0.5, 0.6) is 0 Å². The summed E-state index contributed by atoms with van der Waals surface area (Å²) in [6.07, 6.45) is 2.43. The lowest BCUT2D eigenvalue weighted by Crippen LogP contribution is -2.19. The van der Waals surface area contributed by atoms with Gasteiger partial charge in [0.1, 0.15) is 6.33 Å². The van der Waals surface area contributed by atoms with E-state index in [2.05, 4.69) is 15.5 Å². The molecule has 14 heavy (non-hydrogen) atoms. The Labute approximate surface area is 81.9 Å². The Hall–Kier alpha value is -1.46. The highest BCUT2D eigenvalue weighted by Crippen LogP contribution is 2.25. The van der Waals surface area contributed by atoms with Crippen LogP contribution in [0.2, 0.25) is 0 Å². The first-order valence-electron chi connectivity index (χ1n) is 4.42. The van der Waals surface area contributed by atoms with Gasteiger partial charge < -0.3 is 5.11 Å². The van der Waals surface area contributed by atoms with Crippen molar-refractivity contribution in [1.29, 1.82) is 0 Å². The third-order valence-corrected chi connectivity index (χ3v) is 2.04. The molecule has 78 valence electrons. The third kappa shape index (κ3) is 3.51. The van der Waals surface area contributed by atoms with E-state index in [-0.39, 0.29) is 11.8 Å². The maximum atomic E-state index is 10.5. The summed E-state index contributed by atoms with van der Waals surface area (Å²) in [6.45, 7) is 4.49. The van der Waals surface area contributed by atoms with E-state index in [1.165, 1.54) is 6.33 Å². The van der Waals surface area contributed by atoms with Gasteiger partial charge >= 0.3 is 5.97 Å². The molecule has 0 aliphatic rings. The zero-order valence-electron chi connectivity index (χ0n) is 8.34. The normalized spacial score (nSPS) is 11.6. The number of hydrogen-bond donors (Lipinski definition) is 1. The van der Waals surface area contributed by atoms with E-state index in [1.54, 1.807) is 4.68 Å². The van der Waals surface area contributed by atoms with Gasteiger partial charge in [0.05, 0.1) is 6.42 Å². The molecule has 0 unspecified atom stereocenters. The van der Waals surface area contributed by atoms with Gasteiger partial charge in [0.2, 0.25) is 0 Å². The quantitative estimate of drug-likeness (QED) is 0.747. The number of nitrogens with zero attached hydrogens (tertiary/aromatic N) is 4. The molecule has 0 fully saturated rings.